The Balaban J connectivity index is 3.07. The number of alkyl halides is 1. The van der Waals surface area contributed by atoms with Crippen LogP contribution in [0.3, 0.4) is 0 Å². The van der Waals surface area contributed by atoms with Crippen molar-refractivity contribution in [2.24, 2.45) is 0 Å². The first-order valence-electron chi connectivity index (χ1n) is 3.99. The molecule has 13 heavy (non-hydrogen) atoms. The fourth-order valence-corrected chi connectivity index (χ4v) is 1.61. The van der Waals surface area contributed by atoms with Crippen molar-refractivity contribution < 1.29 is 4.39 Å². The van der Waals surface area contributed by atoms with Gasteiger partial charge in [0.2, 0.25) is 0 Å². The largest absolute Gasteiger partial charge is 0.250 e. The standard InChI is InChI=1S/C11H11BrF/c1-3-9-4-10(8(2)7-13)6-11(12)5-9/h3-6,8H,1-2,7H2. The van der Waals surface area contributed by atoms with E-state index in [1.165, 1.54) is 0 Å². The SMILES string of the molecule is [CH2]C(CF)c1cc(Br)cc(C=C)c1. The Labute approximate surface area is 86.6 Å². The molecule has 0 amide bonds. The third kappa shape index (κ3) is 2.66. The monoisotopic (exact) mass is 241 g/mol. The average Bonchev–Trinajstić information content (AvgIpc) is 2.15. The molecule has 0 aliphatic carbocycles. The zero-order valence-corrected chi connectivity index (χ0v) is 8.85. The minimum Gasteiger partial charge on any atom is -0.250 e. The minimum absolute atomic E-state index is 0.295. The summed E-state index contributed by atoms with van der Waals surface area (Å²) in [6, 6.07) is 5.71. The molecule has 0 aromatic heterocycles. The van der Waals surface area contributed by atoms with Crippen LogP contribution in [0.2, 0.25) is 0 Å². The van der Waals surface area contributed by atoms with Gasteiger partial charge in [0, 0.05) is 10.4 Å². The Morgan fingerprint density at radius 1 is 1.46 bits per heavy atom. The second-order valence-electron chi connectivity index (χ2n) is 2.87. The Kier molecular flexibility index (Phi) is 3.67. The zero-order valence-electron chi connectivity index (χ0n) is 7.26. The Morgan fingerprint density at radius 3 is 2.69 bits per heavy atom. The van der Waals surface area contributed by atoms with Gasteiger partial charge in [0.1, 0.15) is 0 Å². The van der Waals surface area contributed by atoms with Crippen LogP contribution in [0, 0.1) is 6.92 Å². The van der Waals surface area contributed by atoms with E-state index in [1.807, 2.05) is 18.2 Å². The van der Waals surface area contributed by atoms with Crippen LogP contribution in [-0.4, -0.2) is 6.67 Å². The summed E-state index contributed by atoms with van der Waals surface area (Å²) in [5.41, 5.74) is 1.87. The fraction of sp³-hybridized carbons (Fsp3) is 0.182. The molecular weight excluding hydrogens is 231 g/mol. The third-order valence-electron chi connectivity index (χ3n) is 1.84. The van der Waals surface area contributed by atoms with Gasteiger partial charge in [-0.15, -0.1) is 0 Å². The molecule has 1 aromatic carbocycles. The molecule has 0 N–H and O–H groups in total. The van der Waals surface area contributed by atoms with Crippen LogP contribution < -0.4 is 0 Å². The van der Waals surface area contributed by atoms with Gasteiger partial charge in [-0.1, -0.05) is 34.7 Å². The molecule has 0 aliphatic heterocycles. The Morgan fingerprint density at radius 2 is 2.15 bits per heavy atom. The summed E-state index contributed by atoms with van der Waals surface area (Å²) in [6.07, 6.45) is 1.74. The van der Waals surface area contributed by atoms with Crippen molar-refractivity contribution in [2.75, 3.05) is 6.67 Å². The fourth-order valence-electron chi connectivity index (χ4n) is 1.08. The predicted octanol–water partition coefficient (Wildman–Crippen LogP) is 3.98. The van der Waals surface area contributed by atoms with Gasteiger partial charge in [-0.2, -0.15) is 0 Å². The quantitative estimate of drug-likeness (QED) is 0.752. The van der Waals surface area contributed by atoms with Gasteiger partial charge < -0.3 is 0 Å². The van der Waals surface area contributed by atoms with Crippen molar-refractivity contribution in [1.82, 2.24) is 0 Å². The van der Waals surface area contributed by atoms with E-state index in [-0.39, 0.29) is 5.92 Å². The topological polar surface area (TPSA) is 0 Å². The van der Waals surface area contributed by atoms with Crippen LogP contribution in [0.1, 0.15) is 17.0 Å². The molecule has 2 heteroatoms. The first kappa shape index (κ1) is 10.5. The van der Waals surface area contributed by atoms with Crippen LogP contribution >= 0.6 is 15.9 Å². The summed E-state index contributed by atoms with van der Waals surface area (Å²) < 4.78 is 13.3. The van der Waals surface area contributed by atoms with E-state index in [1.54, 1.807) is 6.08 Å². The number of hydrogen-bond acceptors (Lipinski definition) is 0. The maximum atomic E-state index is 12.3. The number of benzene rings is 1. The molecule has 1 unspecified atom stereocenters. The van der Waals surface area contributed by atoms with E-state index in [2.05, 4.69) is 29.4 Å². The van der Waals surface area contributed by atoms with Gasteiger partial charge in [-0.05, 0) is 30.2 Å². The van der Waals surface area contributed by atoms with E-state index in [0.29, 0.717) is 0 Å². The highest BCUT2D eigenvalue weighted by Gasteiger charge is 2.06. The highest BCUT2D eigenvalue weighted by atomic mass is 79.9. The zero-order chi connectivity index (χ0) is 9.84. The molecule has 1 aromatic rings. The van der Waals surface area contributed by atoms with E-state index in [0.717, 1.165) is 15.6 Å². The summed E-state index contributed by atoms with van der Waals surface area (Å²) in [4.78, 5) is 0. The van der Waals surface area contributed by atoms with Gasteiger partial charge in [-0.25, -0.2) is 0 Å². The molecule has 0 fully saturated rings. The lowest BCUT2D eigenvalue weighted by Gasteiger charge is -2.08. The Hall–Kier alpha value is -0.630. The van der Waals surface area contributed by atoms with Crippen LogP contribution in [0.25, 0.3) is 6.08 Å². The molecule has 0 spiro atoms. The van der Waals surface area contributed by atoms with Gasteiger partial charge in [0.05, 0.1) is 6.67 Å². The smallest absolute Gasteiger partial charge is 0.0962 e. The van der Waals surface area contributed by atoms with Crippen molar-refractivity contribution in [1.29, 1.82) is 0 Å². The summed E-state index contributed by atoms with van der Waals surface area (Å²) in [7, 11) is 0. The van der Waals surface area contributed by atoms with Crippen LogP contribution in [0.15, 0.2) is 29.3 Å². The van der Waals surface area contributed by atoms with Crippen molar-refractivity contribution in [3.8, 4) is 0 Å². The maximum absolute atomic E-state index is 12.3. The molecule has 0 nitrogen and oxygen atoms in total. The van der Waals surface area contributed by atoms with Gasteiger partial charge >= 0.3 is 0 Å². The van der Waals surface area contributed by atoms with Crippen LogP contribution in [-0.2, 0) is 0 Å². The lowest BCUT2D eigenvalue weighted by atomic mass is 10.0. The third-order valence-corrected chi connectivity index (χ3v) is 2.29. The molecule has 1 rings (SSSR count). The highest BCUT2D eigenvalue weighted by Crippen LogP contribution is 2.22. The lowest BCUT2D eigenvalue weighted by molar-refractivity contribution is 0.465. The molecule has 1 atom stereocenters. The van der Waals surface area contributed by atoms with Crippen LogP contribution in [0.5, 0.6) is 0 Å². The summed E-state index contributed by atoms with van der Waals surface area (Å²) in [5, 5.41) is 0. The summed E-state index contributed by atoms with van der Waals surface area (Å²) >= 11 is 3.35. The molecule has 0 heterocycles. The lowest BCUT2D eigenvalue weighted by Crippen LogP contribution is -1.96. The van der Waals surface area contributed by atoms with Gasteiger partial charge in [-0.3, -0.25) is 4.39 Å². The number of rotatable bonds is 3. The molecule has 0 aliphatic rings. The maximum Gasteiger partial charge on any atom is 0.0962 e. The molecule has 0 saturated carbocycles. The number of hydrogen-bond donors (Lipinski definition) is 0. The molecule has 0 saturated heterocycles. The summed E-state index contributed by atoms with van der Waals surface area (Å²) in [6.45, 7) is 6.94. The van der Waals surface area contributed by atoms with Crippen molar-refractivity contribution in [2.45, 2.75) is 5.92 Å². The van der Waals surface area contributed by atoms with E-state index < -0.39 is 6.67 Å². The highest BCUT2D eigenvalue weighted by molar-refractivity contribution is 9.10. The van der Waals surface area contributed by atoms with E-state index in [9.17, 15) is 4.39 Å². The minimum atomic E-state index is -0.437. The first-order valence-corrected chi connectivity index (χ1v) is 4.78. The van der Waals surface area contributed by atoms with Crippen molar-refractivity contribution in [3.63, 3.8) is 0 Å². The van der Waals surface area contributed by atoms with E-state index >= 15 is 0 Å². The van der Waals surface area contributed by atoms with Gasteiger partial charge in [0.15, 0.2) is 0 Å². The second kappa shape index (κ2) is 4.56. The van der Waals surface area contributed by atoms with Gasteiger partial charge in [0.25, 0.3) is 0 Å². The second-order valence-corrected chi connectivity index (χ2v) is 3.79. The normalized spacial score (nSPS) is 12.5. The average molecular weight is 242 g/mol. The predicted molar refractivity (Wildman–Crippen MR) is 58.3 cm³/mol. The molecule has 1 radical (unpaired) electrons. The van der Waals surface area contributed by atoms with E-state index in [4.69, 9.17) is 0 Å². The van der Waals surface area contributed by atoms with Crippen molar-refractivity contribution in [3.05, 3.63) is 47.3 Å². The molecular formula is C11H11BrF. The molecule has 69 valence electrons. The number of halogens is 2. The van der Waals surface area contributed by atoms with Crippen molar-refractivity contribution >= 4 is 22.0 Å². The van der Waals surface area contributed by atoms with Crippen LogP contribution in [0.4, 0.5) is 4.39 Å². The summed E-state index contributed by atoms with van der Waals surface area (Å²) in [5.74, 6) is -0.295. The molecule has 0 bridgehead atoms. The Bertz CT molecular complexity index is 307. The first-order chi connectivity index (χ1) is 6.17.